The minimum absolute atomic E-state index is 0.414. The zero-order chi connectivity index (χ0) is 15.0. The Morgan fingerprint density at radius 1 is 1.33 bits per heavy atom. The summed E-state index contributed by atoms with van der Waals surface area (Å²) in [5, 5.41) is 5.20. The molecule has 0 saturated heterocycles. The Morgan fingerprint density at radius 3 is 2.81 bits per heavy atom. The van der Waals surface area contributed by atoms with Crippen LogP contribution >= 0.6 is 23.6 Å². The number of hydrogen-bond donors (Lipinski definition) is 2. The van der Waals surface area contributed by atoms with Gasteiger partial charge in [-0.25, -0.2) is 0 Å². The number of aromatic amines is 1. The third kappa shape index (κ3) is 2.54. The van der Waals surface area contributed by atoms with Crippen LogP contribution in [0, 0.1) is 13.8 Å². The Bertz CT molecular complexity index is 803. The molecule has 0 aliphatic rings. The van der Waals surface area contributed by atoms with Gasteiger partial charge in [-0.15, -0.1) is 0 Å². The van der Waals surface area contributed by atoms with E-state index in [0.29, 0.717) is 11.6 Å². The van der Waals surface area contributed by atoms with Gasteiger partial charge < -0.3 is 15.5 Å². The lowest BCUT2D eigenvalue weighted by molar-refractivity contribution is 0.310. The first-order chi connectivity index (χ1) is 10.1. The third-order valence-electron chi connectivity index (χ3n) is 3.53. The van der Waals surface area contributed by atoms with Gasteiger partial charge in [0.2, 0.25) is 0 Å². The van der Waals surface area contributed by atoms with E-state index in [-0.39, 0.29) is 0 Å². The van der Waals surface area contributed by atoms with Gasteiger partial charge in [0.1, 0.15) is 17.3 Å². The quantitative estimate of drug-likeness (QED) is 0.714. The Labute approximate surface area is 132 Å². The molecule has 3 N–H and O–H groups in total. The fraction of sp³-hybridized carbons (Fsp3) is 0.188. The number of thiophene rings is 1. The molecule has 3 rings (SSSR count). The van der Waals surface area contributed by atoms with Crippen molar-refractivity contribution in [2.45, 2.75) is 20.5 Å². The van der Waals surface area contributed by atoms with E-state index in [2.05, 4.69) is 23.4 Å². The molecule has 2 heterocycles. The molecule has 2 aromatic heterocycles. The molecule has 108 valence electrons. The summed E-state index contributed by atoms with van der Waals surface area (Å²) in [6.45, 7) is 4.60. The van der Waals surface area contributed by atoms with Crippen LogP contribution in [0.3, 0.4) is 0 Å². The molecule has 0 bridgehead atoms. The van der Waals surface area contributed by atoms with Crippen LogP contribution in [0.15, 0.2) is 29.0 Å². The molecule has 21 heavy (non-hydrogen) atoms. The predicted octanol–water partition coefficient (Wildman–Crippen LogP) is 4.06. The molecule has 0 atom stereocenters. The number of thiocarbonyl (C=S) groups is 1. The maximum atomic E-state index is 5.96. The van der Waals surface area contributed by atoms with E-state index >= 15 is 0 Å². The van der Waals surface area contributed by atoms with Gasteiger partial charge in [-0.05, 0) is 47.9 Å². The van der Waals surface area contributed by atoms with E-state index in [1.807, 2.05) is 24.4 Å². The summed E-state index contributed by atoms with van der Waals surface area (Å²) in [5.74, 6) is 0.826. The Balaban J connectivity index is 2.06. The molecule has 3 nitrogen and oxygen atoms in total. The lowest BCUT2D eigenvalue weighted by Crippen LogP contribution is -2.10. The highest BCUT2D eigenvalue weighted by atomic mass is 32.1. The number of nitrogens with two attached hydrogens (primary N) is 1. The Kier molecular flexibility index (Phi) is 3.69. The van der Waals surface area contributed by atoms with E-state index in [4.69, 9.17) is 22.7 Å². The molecule has 0 aliphatic carbocycles. The molecule has 0 saturated carbocycles. The molecule has 0 aliphatic heterocycles. The average Bonchev–Trinajstić information content (AvgIpc) is 3.05. The monoisotopic (exact) mass is 316 g/mol. The highest BCUT2D eigenvalue weighted by molar-refractivity contribution is 7.80. The van der Waals surface area contributed by atoms with Gasteiger partial charge >= 0.3 is 0 Å². The average molecular weight is 316 g/mol. The van der Waals surface area contributed by atoms with Gasteiger partial charge in [-0.1, -0.05) is 18.3 Å². The van der Waals surface area contributed by atoms with Crippen molar-refractivity contribution >= 4 is 39.4 Å². The summed E-state index contributed by atoms with van der Waals surface area (Å²) < 4.78 is 5.96. The number of fused-ring (bicyclic) bond motifs is 1. The van der Waals surface area contributed by atoms with Crippen molar-refractivity contribution in [3.05, 3.63) is 51.3 Å². The molecule has 0 spiro atoms. The normalized spacial score (nSPS) is 11.0. The molecule has 5 heteroatoms. The second kappa shape index (κ2) is 5.50. The molecule has 0 unspecified atom stereocenters. The third-order valence-corrected chi connectivity index (χ3v) is 4.47. The van der Waals surface area contributed by atoms with Crippen LogP contribution in [0.25, 0.3) is 10.9 Å². The fourth-order valence-corrected chi connectivity index (χ4v) is 3.44. The van der Waals surface area contributed by atoms with Gasteiger partial charge in [-0.3, -0.25) is 0 Å². The lowest BCUT2D eigenvalue weighted by atomic mass is 10.1. The predicted molar refractivity (Wildman–Crippen MR) is 92.3 cm³/mol. The van der Waals surface area contributed by atoms with Crippen LogP contribution in [-0.2, 0) is 6.61 Å². The van der Waals surface area contributed by atoms with E-state index < -0.39 is 0 Å². The number of rotatable bonds is 4. The van der Waals surface area contributed by atoms with Crippen molar-refractivity contribution in [2.75, 3.05) is 0 Å². The van der Waals surface area contributed by atoms with Crippen LogP contribution in [0.4, 0.5) is 0 Å². The number of H-pyrrole nitrogens is 1. The minimum atomic E-state index is 0.414. The molecular formula is C16H16N2OS2. The van der Waals surface area contributed by atoms with Crippen LogP contribution in [0.5, 0.6) is 5.75 Å². The Morgan fingerprint density at radius 2 is 2.14 bits per heavy atom. The Hall–Kier alpha value is -1.85. The largest absolute Gasteiger partial charge is 0.487 e. The molecule has 1 aromatic carbocycles. The van der Waals surface area contributed by atoms with Crippen molar-refractivity contribution in [2.24, 2.45) is 5.73 Å². The zero-order valence-electron chi connectivity index (χ0n) is 11.9. The molecular weight excluding hydrogens is 300 g/mol. The first-order valence-corrected chi connectivity index (χ1v) is 7.98. The molecule has 0 radical (unpaired) electrons. The summed E-state index contributed by atoms with van der Waals surface area (Å²) in [6, 6.07) is 6.10. The van der Waals surface area contributed by atoms with Crippen molar-refractivity contribution in [1.29, 1.82) is 0 Å². The zero-order valence-corrected chi connectivity index (χ0v) is 13.5. The van der Waals surface area contributed by atoms with Crippen molar-refractivity contribution < 1.29 is 4.74 Å². The van der Waals surface area contributed by atoms with Crippen LogP contribution in [0.2, 0.25) is 0 Å². The summed E-state index contributed by atoms with van der Waals surface area (Å²) in [4.78, 5) is 3.77. The van der Waals surface area contributed by atoms with Crippen LogP contribution in [-0.4, -0.2) is 9.97 Å². The van der Waals surface area contributed by atoms with Gasteiger partial charge in [0.15, 0.2) is 0 Å². The first kappa shape index (κ1) is 14.1. The van der Waals surface area contributed by atoms with Crippen molar-refractivity contribution in [3.63, 3.8) is 0 Å². The summed E-state index contributed by atoms with van der Waals surface area (Å²) in [6.07, 6.45) is 0. The van der Waals surface area contributed by atoms with Gasteiger partial charge in [0.25, 0.3) is 0 Å². The van der Waals surface area contributed by atoms with E-state index in [9.17, 15) is 0 Å². The maximum Gasteiger partial charge on any atom is 0.143 e. The highest BCUT2D eigenvalue weighted by Gasteiger charge is 2.16. The minimum Gasteiger partial charge on any atom is -0.487 e. The summed E-state index contributed by atoms with van der Waals surface area (Å²) in [7, 11) is 0. The maximum absolute atomic E-state index is 5.96. The summed E-state index contributed by atoms with van der Waals surface area (Å²) >= 11 is 6.85. The standard InChI is InChI=1S/C16H16N2OS2/c1-9-3-4-12(19-7-11-5-6-21-8-11)15-13(9)14(16(17)20)10(2)18-15/h3-6,8,18H,7H2,1-2H3,(H2,17,20). The number of nitrogens with one attached hydrogen (secondary N) is 1. The van der Waals surface area contributed by atoms with Crippen molar-refractivity contribution in [3.8, 4) is 5.75 Å². The van der Waals surface area contributed by atoms with Gasteiger partial charge in [-0.2, -0.15) is 11.3 Å². The second-order valence-electron chi connectivity index (χ2n) is 5.04. The van der Waals surface area contributed by atoms with Gasteiger partial charge in [0, 0.05) is 16.6 Å². The second-order valence-corrected chi connectivity index (χ2v) is 6.26. The van der Waals surface area contributed by atoms with E-state index in [1.165, 1.54) is 5.56 Å². The number of benzene rings is 1. The SMILES string of the molecule is Cc1[nH]c2c(OCc3ccsc3)ccc(C)c2c1C(N)=S. The molecule has 0 fully saturated rings. The topological polar surface area (TPSA) is 51.0 Å². The first-order valence-electron chi connectivity index (χ1n) is 6.63. The number of hydrogen-bond acceptors (Lipinski definition) is 3. The number of aromatic nitrogens is 1. The van der Waals surface area contributed by atoms with Crippen molar-refractivity contribution in [1.82, 2.24) is 4.98 Å². The van der Waals surface area contributed by atoms with E-state index in [0.717, 1.165) is 33.5 Å². The van der Waals surface area contributed by atoms with E-state index in [1.54, 1.807) is 11.3 Å². The van der Waals surface area contributed by atoms with Gasteiger partial charge in [0.05, 0.1) is 5.52 Å². The molecule has 3 aromatic rings. The molecule has 0 amide bonds. The highest BCUT2D eigenvalue weighted by Crippen LogP contribution is 2.33. The smallest absolute Gasteiger partial charge is 0.143 e. The lowest BCUT2D eigenvalue weighted by Gasteiger charge is -2.08. The number of ether oxygens (including phenoxy) is 1. The fourth-order valence-electron chi connectivity index (χ4n) is 2.54. The van der Waals surface area contributed by atoms with Crippen LogP contribution < -0.4 is 10.5 Å². The number of aryl methyl sites for hydroxylation is 2. The summed E-state index contributed by atoms with van der Waals surface area (Å²) in [5.41, 5.74) is 11.0. The van der Waals surface area contributed by atoms with Crippen LogP contribution in [0.1, 0.15) is 22.4 Å².